The van der Waals surface area contributed by atoms with E-state index in [1.165, 1.54) is 0 Å². The van der Waals surface area contributed by atoms with Crippen molar-refractivity contribution in [2.75, 3.05) is 5.32 Å². The summed E-state index contributed by atoms with van der Waals surface area (Å²) in [6.45, 7) is 5.35. The summed E-state index contributed by atoms with van der Waals surface area (Å²) in [6.07, 6.45) is 0.548. The van der Waals surface area contributed by atoms with E-state index in [0.717, 1.165) is 11.5 Å². The van der Waals surface area contributed by atoms with Gasteiger partial charge < -0.3 is 5.73 Å². The number of nitrogens with two attached hydrogens (primary N) is 1. The molecule has 1 rings (SSSR count). The largest absolute Gasteiger partial charge is 0.392 e. The Morgan fingerprint density at radius 3 is 2.69 bits per heavy atom. The standard InChI is InChI=1S/C9H14N4OS2/c1-4-9(3,6(10)15)7(14)12-8-11-5(2)13-16-8/h4H2,1-3H3,(H2,10,15)(H,11,12,13,14). The van der Waals surface area contributed by atoms with Crippen LogP contribution in [-0.2, 0) is 4.79 Å². The number of aromatic nitrogens is 2. The molecule has 7 heteroatoms. The first-order valence-corrected chi connectivity index (χ1v) is 6.00. The minimum absolute atomic E-state index is 0.189. The minimum atomic E-state index is -0.838. The van der Waals surface area contributed by atoms with Gasteiger partial charge in [-0.1, -0.05) is 19.1 Å². The number of hydrogen-bond donors (Lipinski definition) is 2. The molecule has 0 spiro atoms. The Kier molecular flexibility index (Phi) is 3.93. The van der Waals surface area contributed by atoms with Gasteiger partial charge >= 0.3 is 0 Å². The number of hydrogen-bond acceptors (Lipinski definition) is 5. The van der Waals surface area contributed by atoms with E-state index < -0.39 is 5.41 Å². The fourth-order valence-corrected chi connectivity index (χ4v) is 1.84. The normalized spacial score (nSPS) is 14.2. The molecular weight excluding hydrogens is 244 g/mol. The second-order valence-electron chi connectivity index (χ2n) is 3.65. The lowest BCUT2D eigenvalue weighted by Gasteiger charge is -2.24. The van der Waals surface area contributed by atoms with Crippen LogP contribution in [0.1, 0.15) is 26.1 Å². The number of aryl methyl sites for hydroxylation is 1. The van der Waals surface area contributed by atoms with E-state index in [4.69, 9.17) is 18.0 Å². The van der Waals surface area contributed by atoms with Gasteiger partial charge in [-0.15, -0.1) is 0 Å². The zero-order valence-corrected chi connectivity index (χ0v) is 11.0. The molecule has 0 fully saturated rings. The Bertz CT molecular complexity index is 417. The molecule has 1 atom stereocenters. The lowest BCUT2D eigenvalue weighted by molar-refractivity contribution is -0.121. The van der Waals surface area contributed by atoms with E-state index in [1.807, 2.05) is 6.92 Å². The molecule has 1 aromatic heterocycles. The summed E-state index contributed by atoms with van der Waals surface area (Å²) < 4.78 is 3.97. The molecule has 88 valence electrons. The van der Waals surface area contributed by atoms with Crippen LogP contribution in [-0.4, -0.2) is 20.3 Å². The Hall–Kier alpha value is -1.08. The van der Waals surface area contributed by atoms with Crippen LogP contribution in [0.4, 0.5) is 5.13 Å². The van der Waals surface area contributed by atoms with Crippen LogP contribution in [0.25, 0.3) is 0 Å². The van der Waals surface area contributed by atoms with Crippen LogP contribution in [0, 0.1) is 12.3 Å². The van der Waals surface area contributed by atoms with Crippen molar-refractivity contribution >= 4 is 39.8 Å². The van der Waals surface area contributed by atoms with Gasteiger partial charge in [-0.3, -0.25) is 10.1 Å². The number of nitrogens with zero attached hydrogens (tertiary/aromatic N) is 2. The Labute approximate surface area is 104 Å². The molecule has 0 aliphatic carbocycles. The van der Waals surface area contributed by atoms with Crippen molar-refractivity contribution in [3.8, 4) is 0 Å². The molecule has 0 aliphatic rings. The van der Waals surface area contributed by atoms with Gasteiger partial charge in [0, 0.05) is 11.5 Å². The van der Waals surface area contributed by atoms with Crippen molar-refractivity contribution in [1.29, 1.82) is 0 Å². The topological polar surface area (TPSA) is 80.9 Å². The molecule has 5 nitrogen and oxygen atoms in total. The molecule has 0 radical (unpaired) electrons. The molecule has 1 heterocycles. The summed E-state index contributed by atoms with van der Waals surface area (Å²) in [5, 5.41) is 3.14. The number of amides is 1. The van der Waals surface area contributed by atoms with E-state index in [0.29, 0.717) is 17.4 Å². The quantitative estimate of drug-likeness (QED) is 0.800. The zero-order valence-electron chi connectivity index (χ0n) is 9.40. The van der Waals surface area contributed by atoms with E-state index in [2.05, 4.69) is 14.7 Å². The summed E-state index contributed by atoms with van der Waals surface area (Å²) >= 11 is 6.05. The monoisotopic (exact) mass is 258 g/mol. The predicted octanol–water partition coefficient (Wildman–Crippen LogP) is 1.49. The number of rotatable bonds is 4. The van der Waals surface area contributed by atoms with Crippen LogP contribution in [0.5, 0.6) is 0 Å². The highest BCUT2D eigenvalue weighted by molar-refractivity contribution is 7.80. The zero-order chi connectivity index (χ0) is 12.3. The number of carbonyl (C=O) groups excluding carboxylic acids is 1. The van der Waals surface area contributed by atoms with Crippen molar-refractivity contribution in [1.82, 2.24) is 9.36 Å². The number of carbonyl (C=O) groups is 1. The number of nitrogens with one attached hydrogen (secondary N) is 1. The molecular formula is C9H14N4OS2. The molecule has 0 saturated carbocycles. The van der Waals surface area contributed by atoms with Crippen molar-refractivity contribution in [3.63, 3.8) is 0 Å². The highest BCUT2D eigenvalue weighted by atomic mass is 32.1. The average Bonchev–Trinajstić information content (AvgIpc) is 2.62. The van der Waals surface area contributed by atoms with E-state index in [1.54, 1.807) is 13.8 Å². The first-order valence-electron chi connectivity index (χ1n) is 4.82. The molecule has 0 aromatic carbocycles. The van der Waals surface area contributed by atoms with Gasteiger partial charge in [-0.05, 0) is 20.3 Å². The molecule has 0 aliphatic heterocycles. The first-order chi connectivity index (χ1) is 7.40. The summed E-state index contributed by atoms with van der Waals surface area (Å²) in [5.74, 6) is 0.396. The van der Waals surface area contributed by atoms with Crippen LogP contribution in [0.2, 0.25) is 0 Å². The summed E-state index contributed by atoms with van der Waals surface area (Å²) in [5.41, 5.74) is 4.74. The highest BCUT2D eigenvalue weighted by Gasteiger charge is 2.35. The summed E-state index contributed by atoms with van der Waals surface area (Å²) in [4.78, 5) is 16.2. The average molecular weight is 258 g/mol. The maximum atomic E-state index is 12.0. The van der Waals surface area contributed by atoms with E-state index >= 15 is 0 Å². The third-order valence-corrected chi connectivity index (χ3v) is 3.67. The highest BCUT2D eigenvalue weighted by Crippen LogP contribution is 2.24. The Morgan fingerprint density at radius 2 is 2.31 bits per heavy atom. The van der Waals surface area contributed by atoms with Gasteiger partial charge in [0.15, 0.2) is 0 Å². The van der Waals surface area contributed by atoms with Gasteiger partial charge in [-0.25, -0.2) is 4.98 Å². The lowest BCUT2D eigenvalue weighted by atomic mass is 9.86. The van der Waals surface area contributed by atoms with Crippen LogP contribution in [0.3, 0.4) is 0 Å². The molecule has 0 bridgehead atoms. The second-order valence-corrected chi connectivity index (χ2v) is 4.84. The maximum Gasteiger partial charge on any atom is 0.238 e. The van der Waals surface area contributed by atoms with Crippen molar-refractivity contribution < 1.29 is 4.79 Å². The third kappa shape index (κ3) is 2.53. The predicted molar refractivity (Wildman–Crippen MR) is 68.5 cm³/mol. The molecule has 1 aromatic rings. The third-order valence-electron chi connectivity index (χ3n) is 2.50. The molecule has 1 amide bonds. The molecule has 3 N–H and O–H groups in total. The van der Waals surface area contributed by atoms with Gasteiger partial charge in [0.05, 0.1) is 10.4 Å². The number of anilines is 1. The summed E-state index contributed by atoms with van der Waals surface area (Å²) in [6, 6.07) is 0. The van der Waals surface area contributed by atoms with Gasteiger partial charge in [0.25, 0.3) is 0 Å². The smallest absolute Gasteiger partial charge is 0.238 e. The molecule has 0 saturated heterocycles. The Balaban J connectivity index is 2.82. The lowest BCUT2D eigenvalue weighted by Crippen LogP contribution is -2.43. The second kappa shape index (κ2) is 4.84. The van der Waals surface area contributed by atoms with E-state index in [9.17, 15) is 4.79 Å². The van der Waals surface area contributed by atoms with Gasteiger partial charge in [0.2, 0.25) is 11.0 Å². The molecule has 16 heavy (non-hydrogen) atoms. The molecule has 1 unspecified atom stereocenters. The maximum absolute atomic E-state index is 12.0. The van der Waals surface area contributed by atoms with Gasteiger partial charge in [0.1, 0.15) is 5.82 Å². The Morgan fingerprint density at radius 1 is 1.69 bits per heavy atom. The fourth-order valence-electron chi connectivity index (χ4n) is 1.03. The fraction of sp³-hybridized carbons (Fsp3) is 0.556. The van der Waals surface area contributed by atoms with Crippen molar-refractivity contribution in [2.45, 2.75) is 27.2 Å². The van der Waals surface area contributed by atoms with Crippen molar-refractivity contribution in [3.05, 3.63) is 5.82 Å². The van der Waals surface area contributed by atoms with Crippen LogP contribution < -0.4 is 11.1 Å². The summed E-state index contributed by atoms with van der Waals surface area (Å²) in [7, 11) is 0. The van der Waals surface area contributed by atoms with Gasteiger partial charge in [-0.2, -0.15) is 4.37 Å². The van der Waals surface area contributed by atoms with Crippen LogP contribution in [0.15, 0.2) is 0 Å². The van der Waals surface area contributed by atoms with E-state index in [-0.39, 0.29) is 10.9 Å². The van der Waals surface area contributed by atoms with Crippen molar-refractivity contribution in [2.24, 2.45) is 11.1 Å². The van der Waals surface area contributed by atoms with Crippen LogP contribution >= 0.6 is 23.8 Å². The minimum Gasteiger partial charge on any atom is -0.392 e. The first kappa shape index (κ1) is 13.0. The number of thiocarbonyl (C=S) groups is 1. The SMILES string of the molecule is CCC(C)(C(=O)Nc1nc(C)ns1)C(N)=S.